The summed E-state index contributed by atoms with van der Waals surface area (Å²) in [5.41, 5.74) is 0. The van der Waals surface area contributed by atoms with Crippen LogP contribution < -0.4 is 5.11 Å². The molecule has 0 aromatic heterocycles. The first-order valence-corrected chi connectivity index (χ1v) is 10.4. The van der Waals surface area contributed by atoms with E-state index in [0.717, 1.165) is 12.8 Å². The maximum Gasteiger partial charge on any atom is 0.359 e. The predicted octanol–water partition coefficient (Wildman–Crippen LogP) is 2.59. The van der Waals surface area contributed by atoms with Gasteiger partial charge in [-0.2, -0.15) is 0 Å². The summed E-state index contributed by atoms with van der Waals surface area (Å²) in [4.78, 5) is 33.1. The van der Waals surface area contributed by atoms with E-state index < -0.39 is 42.0 Å². The Bertz CT molecular complexity index is 448. The van der Waals surface area contributed by atoms with Crippen molar-refractivity contribution in [1.29, 1.82) is 0 Å². The largest absolute Gasteiger partial charge is 0.544 e. The molecule has 0 saturated carbocycles. The number of quaternary nitrogens is 1. The number of hydrogen-bond donors (Lipinski definition) is 2. The molecule has 7 heteroatoms. The van der Waals surface area contributed by atoms with Crippen molar-refractivity contribution in [2.24, 2.45) is 0 Å². The molecule has 0 bridgehead atoms. The highest BCUT2D eigenvalue weighted by molar-refractivity contribution is 5.72. The molecule has 0 amide bonds. The summed E-state index contributed by atoms with van der Waals surface area (Å²) in [7, 11) is 0. The predicted molar refractivity (Wildman–Crippen MR) is 106 cm³/mol. The molecule has 0 rings (SSSR count). The lowest BCUT2D eigenvalue weighted by Crippen LogP contribution is -2.59. The number of hydrogen-bond acceptors (Lipinski definition) is 4. The molecule has 0 aliphatic carbocycles. The summed E-state index contributed by atoms with van der Waals surface area (Å²) in [5.74, 6) is -3.89. The first-order chi connectivity index (χ1) is 13.3. The molecule has 0 radical (unpaired) electrons. The summed E-state index contributed by atoms with van der Waals surface area (Å²) in [5, 5.41) is 29.1. The minimum absolute atomic E-state index is 0.140. The Morgan fingerprint density at radius 2 is 1.21 bits per heavy atom. The highest BCUT2D eigenvalue weighted by Gasteiger charge is 2.33. The molecule has 0 heterocycles. The fraction of sp³-hybridized carbons (Fsp3) is 0.762. The number of carbonyl (C=O) groups is 3. The van der Waals surface area contributed by atoms with E-state index in [9.17, 15) is 19.5 Å². The van der Waals surface area contributed by atoms with Crippen LogP contribution in [0.5, 0.6) is 0 Å². The van der Waals surface area contributed by atoms with E-state index in [1.165, 1.54) is 51.4 Å². The SMILES string of the molecule is CCCCCCCCCCC/C=C/CC[N+](CC(=O)[O-])(CC(=O)O)CC(=O)O. The molecule has 0 aliphatic rings. The average molecular weight is 400 g/mol. The molecule has 0 aliphatic heterocycles. The molecule has 0 saturated heterocycles. The minimum atomic E-state index is -1.44. The van der Waals surface area contributed by atoms with Crippen LogP contribution in [0.4, 0.5) is 0 Å². The number of nitrogens with zero attached hydrogens (tertiary/aromatic N) is 1. The zero-order valence-corrected chi connectivity index (χ0v) is 17.2. The van der Waals surface area contributed by atoms with Crippen LogP contribution in [0.25, 0.3) is 0 Å². The second-order valence-electron chi connectivity index (χ2n) is 7.58. The topological polar surface area (TPSA) is 115 Å². The van der Waals surface area contributed by atoms with Gasteiger partial charge in [0, 0.05) is 6.42 Å². The van der Waals surface area contributed by atoms with Crippen LogP contribution in [0.3, 0.4) is 0 Å². The Labute approximate surface area is 168 Å². The fourth-order valence-electron chi connectivity index (χ4n) is 3.41. The Balaban J connectivity index is 4.15. The maximum absolute atomic E-state index is 11.1. The summed E-state index contributed by atoms with van der Waals surface area (Å²) in [6.45, 7) is 0.637. The third-order valence-electron chi connectivity index (χ3n) is 4.82. The first-order valence-electron chi connectivity index (χ1n) is 10.4. The second-order valence-corrected chi connectivity index (χ2v) is 7.58. The van der Waals surface area contributed by atoms with E-state index in [0.29, 0.717) is 6.42 Å². The van der Waals surface area contributed by atoms with Crippen molar-refractivity contribution in [2.45, 2.75) is 77.6 Å². The minimum Gasteiger partial charge on any atom is -0.544 e. The quantitative estimate of drug-likeness (QED) is 0.196. The van der Waals surface area contributed by atoms with Gasteiger partial charge in [0.25, 0.3) is 0 Å². The summed E-state index contributed by atoms with van der Waals surface area (Å²) >= 11 is 0. The molecule has 7 nitrogen and oxygen atoms in total. The van der Waals surface area contributed by atoms with Gasteiger partial charge in [-0.25, -0.2) is 9.59 Å². The fourth-order valence-corrected chi connectivity index (χ4v) is 3.41. The van der Waals surface area contributed by atoms with Crippen molar-refractivity contribution >= 4 is 17.9 Å². The highest BCUT2D eigenvalue weighted by Crippen LogP contribution is 2.12. The molecule has 2 N–H and O–H groups in total. The summed E-state index contributed by atoms with van der Waals surface area (Å²) in [6, 6.07) is 0. The van der Waals surface area contributed by atoms with E-state index >= 15 is 0 Å². The van der Waals surface area contributed by atoms with Gasteiger partial charge in [-0.15, -0.1) is 0 Å². The lowest BCUT2D eigenvalue weighted by atomic mass is 10.1. The Morgan fingerprint density at radius 3 is 1.68 bits per heavy atom. The zero-order valence-electron chi connectivity index (χ0n) is 17.2. The molecule has 0 aromatic carbocycles. The van der Waals surface area contributed by atoms with E-state index in [2.05, 4.69) is 6.92 Å². The lowest BCUT2D eigenvalue weighted by molar-refractivity contribution is -0.908. The molecule has 0 atom stereocenters. The van der Waals surface area contributed by atoms with Crippen molar-refractivity contribution in [3.05, 3.63) is 12.2 Å². The highest BCUT2D eigenvalue weighted by atomic mass is 16.4. The van der Waals surface area contributed by atoms with Gasteiger partial charge in [-0.1, -0.05) is 70.4 Å². The van der Waals surface area contributed by atoms with Crippen LogP contribution in [-0.4, -0.2) is 58.8 Å². The molecule has 28 heavy (non-hydrogen) atoms. The van der Waals surface area contributed by atoms with E-state index in [4.69, 9.17) is 10.2 Å². The van der Waals surface area contributed by atoms with Crippen LogP contribution in [-0.2, 0) is 14.4 Å². The molecule has 0 unspecified atom stereocenters. The molecule has 0 aromatic rings. The van der Waals surface area contributed by atoms with Crippen LogP contribution in [0.1, 0.15) is 77.6 Å². The van der Waals surface area contributed by atoms with Gasteiger partial charge in [0.15, 0.2) is 13.1 Å². The number of carboxylic acids is 3. The van der Waals surface area contributed by atoms with Gasteiger partial charge in [0.2, 0.25) is 0 Å². The lowest BCUT2D eigenvalue weighted by Gasteiger charge is -2.35. The van der Waals surface area contributed by atoms with Gasteiger partial charge in [0.05, 0.1) is 12.5 Å². The van der Waals surface area contributed by atoms with Gasteiger partial charge < -0.3 is 24.6 Å². The molecular formula is C21H37NO6. The summed E-state index contributed by atoms with van der Waals surface area (Å²) < 4.78 is -0.546. The monoisotopic (exact) mass is 399 g/mol. The van der Waals surface area contributed by atoms with Crippen molar-refractivity contribution in [1.82, 2.24) is 0 Å². The van der Waals surface area contributed by atoms with Crippen molar-refractivity contribution in [2.75, 3.05) is 26.2 Å². The van der Waals surface area contributed by atoms with Gasteiger partial charge in [0.1, 0.15) is 6.54 Å². The number of allylic oxidation sites excluding steroid dienone is 1. The third-order valence-corrected chi connectivity index (χ3v) is 4.82. The second kappa shape index (κ2) is 16.1. The normalized spacial score (nSPS) is 11.8. The number of rotatable bonds is 19. The van der Waals surface area contributed by atoms with Crippen molar-refractivity contribution in [3.63, 3.8) is 0 Å². The van der Waals surface area contributed by atoms with Crippen LogP contribution in [0.2, 0.25) is 0 Å². The van der Waals surface area contributed by atoms with Gasteiger partial charge in [-0.3, -0.25) is 0 Å². The average Bonchev–Trinajstić information content (AvgIpc) is 2.57. The number of aliphatic carboxylic acids is 3. The van der Waals surface area contributed by atoms with Crippen molar-refractivity contribution < 1.29 is 34.2 Å². The van der Waals surface area contributed by atoms with Crippen molar-refractivity contribution in [3.8, 4) is 0 Å². The molecule has 0 fully saturated rings. The Hall–Kier alpha value is -1.89. The van der Waals surface area contributed by atoms with Gasteiger partial charge in [-0.05, 0) is 12.8 Å². The van der Waals surface area contributed by atoms with Crippen LogP contribution in [0.15, 0.2) is 12.2 Å². The van der Waals surface area contributed by atoms with Crippen LogP contribution >= 0.6 is 0 Å². The van der Waals surface area contributed by atoms with E-state index in [1.54, 1.807) is 0 Å². The number of carboxylic acid groups (broad SMARTS) is 3. The molecular weight excluding hydrogens is 362 g/mol. The maximum atomic E-state index is 11.1. The Morgan fingerprint density at radius 1 is 0.750 bits per heavy atom. The summed E-state index contributed by atoms with van der Waals surface area (Å²) in [6.07, 6.45) is 16.6. The first kappa shape index (κ1) is 26.1. The smallest absolute Gasteiger partial charge is 0.359 e. The van der Waals surface area contributed by atoms with E-state index in [1.807, 2.05) is 12.2 Å². The Kier molecular flexibility index (Phi) is 15.0. The number of carbonyl (C=O) groups excluding carboxylic acids is 1. The number of unbranched alkanes of at least 4 members (excludes halogenated alkanes) is 9. The standard InChI is InChI=1S/C21H37NO6/c1-2-3-4-5-6-7-8-9-10-11-12-13-14-15-22(16-19(23)24,17-20(25)26)18-21(27)28/h12-13H,2-11,14-18H2,1H3,(H2-,23,24,25,26,27,28)/b13-12+. The van der Waals surface area contributed by atoms with Gasteiger partial charge >= 0.3 is 11.9 Å². The molecule has 162 valence electrons. The van der Waals surface area contributed by atoms with E-state index in [-0.39, 0.29) is 6.54 Å². The zero-order chi connectivity index (χ0) is 21.3. The third kappa shape index (κ3) is 15.2. The van der Waals surface area contributed by atoms with Crippen LogP contribution in [0, 0.1) is 0 Å². The molecule has 0 spiro atoms.